The predicted molar refractivity (Wildman–Crippen MR) is 86.0 cm³/mol. The lowest BCUT2D eigenvalue weighted by atomic mass is 10.1. The lowest BCUT2D eigenvalue weighted by Crippen LogP contribution is -2.32. The fourth-order valence-electron chi connectivity index (χ4n) is 2.07. The normalized spacial score (nSPS) is 10.1. The Bertz CT molecular complexity index is 675. The summed E-state index contributed by atoms with van der Waals surface area (Å²) in [6.07, 6.45) is 0.246. The van der Waals surface area contributed by atoms with E-state index in [2.05, 4.69) is 16.7 Å². The molecular weight excluding hydrogens is 293 g/mol. The van der Waals surface area contributed by atoms with Crippen LogP contribution in [0, 0.1) is 17.1 Å². The molecule has 0 aromatic heterocycles. The summed E-state index contributed by atoms with van der Waals surface area (Å²) < 4.78 is 12.8. The Morgan fingerprint density at radius 3 is 2.30 bits per heavy atom. The third-order valence-corrected chi connectivity index (χ3v) is 3.31. The molecule has 118 valence electrons. The molecule has 0 unspecified atom stereocenters. The van der Waals surface area contributed by atoms with Crippen molar-refractivity contribution >= 4 is 5.91 Å². The van der Waals surface area contributed by atoms with Gasteiger partial charge in [-0.3, -0.25) is 4.79 Å². The topological polar surface area (TPSA) is 64.9 Å². The molecule has 0 saturated heterocycles. The van der Waals surface area contributed by atoms with E-state index in [1.807, 2.05) is 12.1 Å². The van der Waals surface area contributed by atoms with Crippen molar-refractivity contribution in [2.45, 2.75) is 13.0 Å². The van der Waals surface area contributed by atoms with Gasteiger partial charge in [-0.1, -0.05) is 24.3 Å². The Kier molecular flexibility index (Phi) is 6.28. The van der Waals surface area contributed by atoms with Crippen molar-refractivity contribution in [3.05, 3.63) is 71.0 Å². The summed E-state index contributed by atoms with van der Waals surface area (Å²) >= 11 is 0. The number of rotatable bonds is 7. The molecule has 2 aromatic rings. The molecule has 5 heteroatoms. The molecule has 0 aliphatic carbocycles. The Balaban J connectivity index is 1.62. The van der Waals surface area contributed by atoms with Gasteiger partial charge < -0.3 is 10.6 Å². The number of halogens is 1. The van der Waals surface area contributed by atoms with Crippen LogP contribution >= 0.6 is 0 Å². The van der Waals surface area contributed by atoms with Crippen LogP contribution in [-0.4, -0.2) is 19.0 Å². The second kappa shape index (κ2) is 8.66. The second-order valence-electron chi connectivity index (χ2n) is 5.14. The van der Waals surface area contributed by atoms with Gasteiger partial charge in [0.25, 0.3) is 0 Å². The highest BCUT2D eigenvalue weighted by Gasteiger charge is 2.02. The zero-order valence-corrected chi connectivity index (χ0v) is 12.7. The largest absolute Gasteiger partial charge is 0.355 e. The molecular formula is C18H18FN3O. The van der Waals surface area contributed by atoms with Crippen LogP contribution in [-0.2, 0) is 17.8 Å². The highest BCUT2D eigenvalue weighted by Crippen LogP contribution is 2.03. The SMILES string of the molecule is N#Cc1ccc(CNCCNC(=O)Cc2ccc(F)cc2)cc1. The van der Waals surface area contributed by atoms with Gasteiger partial charge >= 0.3 is 0 Å². The van der Waals surface area contributed by atoms with E-state index in [4.69, 9.17) is 5.26 Å². The van der Waals surface area contributed by atoms with Crippen molar-refractivity contribution in [1.29, 1.82) is 5.26 Å². The van der Waals surface area contributed by atoms with E-state index < -0.39 is 0 Å². The number of hydrogen-bond donors (Lipinski definition) is 2. The number of hydrogen-bond acceptors (Lipinski definition) is 3. The van der Waals surface area contributed by atoms with E-state index in [-0.39, 0.29) is 18.1 Å². The number of carbonyl (C=O) groups excluding carboxylic acids is 1. The molecule has 4 nitrogen and oxygen atoms in total. The van der Waals surface area contributed by atoms with Crippen LogP contribution in [0.25, 0.3) is 0 Å². The predicted octanol–water partition coefficient (Wildman–Crippen LogP) is 2.15. The molecule has 0 aliphatic heterocycles. The van der Waals surface area contributed by atoms with E-state index in [0.717, 1.165) is 11.1 Å². The quantitative estimate of drug-likeness (QED) is 0.770. The molecule has 23 heavy (non-hydrogen) atoms. The summed E-state index contributed by atoms with van der Waals surface area (Å²) in [6.45, 7) is 1.85. The third-order valence-electron chi connectivity index (χ3n) is 3.31. The fourth-order valence-corrected chi connectivity index (χ4v) is 2.07. The Hall–Kier alpha value is -2.71. The van der Waals surface area contributed by atoms with Gasteiger partial charge in [0.2, 0.25) is 5.91 Å². The van der Waals surface area contributed by atoms with E-state index in [0.29, 0.717) is 25.2 Å². The molecule has 2 aromatic carbocycles. The average Bonchev–Trinajstić information content (AvgIpc) is 2.57. The van der Waals surface area contributed by atoms with Gasteiger partial charge in [-0.15, -0.1) is 0 Å². The fraction of sp³-hybridized carbons (Fsp3) is 0.222. The van der Waals surface area contributed by atoms with Gasteiger partial charge in [0.1, 0.15) is 5.82 Å². The van der Waals surface area contributed by atoms with Gasteiger partial charge in [-0.2, -0.15) is 5.26 Å². The van der Waals surface area contributed by atoms with Gasteiger partial charge in [0.15, 0.2) is 0 Å². The molecule has 0 fully saturated rings. The summed E-state index contributed by atoms with van der Waals surface area (Å²) in [4.78, 5) is 11.7. The number of nitrogens with zero attached hydrogens (tertiary/aromatic N) is 1. The number of carbonyl (C=O) groups is 1. The summed E-state index contributed by atoms with van der Waals surface area (Å²) in [6, 6.07) is 15.4. The Morgan fingerprint density at radius 1 is 1.00 bits per heavy atom. The second-order valence-corrected chi connectivity index (χ2v) is 5.14. The highest BCUT2D eigenvalue weighted by molar-refractivity contribution is 5.78. The summed E-state index contributed by atoms with van der Waals surface area (Å²) in [5.74, 6) is -0.391. The lowest BCUT2D eigenvalue weighted by Gasteiger charge is -2.07. The van der Waals surface area contributed by atoms with Crippen LogP contribution in [0.1, 0.15) is 16.7 Å². The maximum absolute atomic E-state index is 12.8. The van der Waals surface area contributed by atoms with Gasteiger partial charge in [0.05, 0.1) is 18.1 Å². The molecule has 0 bridgehead atoms. The van der Waals surface area contributed by atoms with Crippen molar-refractivity contribution in [1.82, 2.24) is 10.6 Å². The molecule has 0 atom stereocenters. The van der Waals surface area contributed by atoms with Crippen LogP contribution in [0.5, 0.6) is 0 Å². The molecule has 0 heterocycles. The lowest BCUT2D eigenvalue weighted by molar-refractivity contribution is -0.120. The van der Waals surface area contributed by atoms with E-state index in [9.17, 15) is 9.18 Å². The van der Waals surface area contributed by atoms with Crippen molar-refractivity contribution in [3.8, 4) is 6.07 Å². The number of amides is 1. The monoisotopic (exact) mass is 311 g/mol. The standard InChI is InChI=1S/C18H18FN3O/c19-17-7-5-14(6-8-17)11-18(23)22-10-9-21-13-16-3-1-15(12-20)2-4-16/h1-8,21H,9-11,13H2,(H,22,23). The van der Waals surface area contributed by atoms with Crippen molar-refractivity contribution in [2.24, 2.45) is 0 Å². The number of nitriles is 1. The van der Waals surface area contributed by atoms with Crippen LogP contribution in [0.2, 0.25) is 0 Å². The highest BCUT2D eigenvalue weighted by atomic mass is 19.1. The molecule has 0 spiro atoms. The van der Waals surface area contributed by atoms with Crippen molar-refractivity contribution in [3.63, 3.8) is 0 Å². The molecule has 0 saturated carbocycles. The average molecular weight is 311 g/mol. The van der Waals surface area contributed by atoms with Gasteiger partial charge in [-0.25, -0.2) is 4.39 Å². The van der Waals surface area contributed by atoms with Crippen LogP contribution in [0.4, 0.5) is 4.39 Å². The number of nitrogens with one attached hydrogen (secondary N) is 2. The van der Waals surface area contributed by atoms with E-state index >= 15 is 0 Å². The summed E-state index contributed by atoms with van der Waals surface area (Å²) in [5.41, 5.74) is 2.51. The zero-order chi connectivity index (χ0) is 16.5. The zero-order valence-electron chi connectivity index (χ0n) is 12.7. The van der Waals surface area contributed by atoms with Crippen molar-refractivity contribution in [2.75, 3.05) is 13.1 Å². The molecule has 2 N–H and O–H groups in total. The Labute approximate surface area is 134 Å². The first-order valence-electron chi connectivity index (χ1n) is 7.38. The number of benzene rings is 2. The molecule has 2 rings (SSSR count). The maximum atomic E-state index is 12.8. The van der Waals surface area contributed by atoms with E-state index in [1.54, 1.807) is 24.3 Å². The molecule has 0 aliphatic rings. The third kappa shape index (κ3) is 5.89. The minimum absolute atomic E-state index is 0.0863. The first kappa shape index (κ1) is 16.7. The minimum Gasteiger partial charge on any atom is -0.355 e. The van der Waals surface area contributed by atoms with Crippen LogP contribution in [0.15, 0.2) is 48.5 Å². The summed E-state index contributed by atoms with van der Waals surface area (Å²) in [7, 11) is 0. The smallest absolute Gasteiger partial charge is 0.224 e. The van der Waals surface area contributed by atoms with Crippen LogP contribution in [0.3, 0.4) is 0 Å². The molecule has 0 radical (unpaired) electrons. The first-order valence-corrected chi connectivity index (χ1v) is 7.38. The van der Waals surface area contributed by atoms with Crippen LogP contribution < -0.4 is 10.6 Å². The maximum Gasteiger partial charge on any atom is 0.224 e. The molecule has 1 amide bonds. The van der Waals surface area contributed by atoms with E-state index in [1.165, 1.54) is 12.1 Å². The summed E-state index contributed by atoms with van der Waals surface area (Å²) in [5, 5.41) is 14.8. The first-order chi connectivity index (χ1) is 11.2. The van der Waals surface area contributed by atoms with Crippen molar-refractivity contribution < 1.29 is 9.18 Å². The van der Waals surface area contributed by atoms with Gasteiger partial charge in [-0.05, 0) is 35.4 Å². The minimum atomic E-state index is -0.304. The van der Waals surface area contributed by atoms with Gasteiger partial charge in [0, 0.05) is 19.6 Å². The Morgan fingerprint density at radius 2 is 1.65 bits per heavy atom.